The number of benzene rings is 9. The molecule has 3 heterocycles. The van der Waals surface area contributed by atoms with Crippen molar-refractivity contribution in [3.05, 3.63) is 255 Å². The average Bonchev–Trinajstić information content (AvgIpc) is 3.83. The van der Waals surface area contributed by atoms with Gasteiger partial charge < -0.3 is 0 Å². The van der Waals surface area contributed by atoms with E-state index in [4.69, 9.17) is 15.1 Å². The predicted octanol–water partition coefficient (Wildman–Crippen LogP) is 16.3. The van der Waals surface area contributed by atoms with Crippen molar-refractivity contribution in [1.82, 2.24) is 19.6 Å². The summed E-state index contributed by atoms with van der Waals surface area (Å²) in [6.07, 6.45) is 0. The molecule has 0 aliphatic rings. The van der Waals surface area contributed by atoms with Crippen LogP contribution in [0.1, 0.15) is 0 Å². The van der Waals surface area contributed by atoms with Gasteiger partial charge in [-0.2, -0.15) is 5.10 Å². The minimum absolute atomic E-state index is 0.672. The smallest absolute Gasteiger partial charge is 0.160 e. The summed E-state index contributed by atoms with van der Waals surface area (Å²) in [7, 11) is 0. The Morgan fingerprint density at radius 1 is 0.284 bits per heavy atom. The Balaban J connectivity index is 0.979. The fourth-order valence-corrected chi connectivity index (χ4v) is 9.28. The maximum absolute atomic E-state index is 5.40. The average molecular weight is 855 g/mol. The third-order valence-corrected chi connectivity index (χ3v) is 12.6. The molecule has 0 radical (unpaired) electrons. The van der Waals surface area contributed by atoms with E-state index in [1.165, 1.54) is 0 Å². The lowest BCUT2D eigenvalue weighted by Crippen LogP contribution is -1.97. The number of fused-ring (bicyclic) bond motifs is 3. The van der Waals surface area contributed by atoms with Gasteiger partial charge in [0.15, 0.2) is 5.82 Å². The number of rotatable bonds is 9. The van der Waals surface area contributed by atoms with Gasteiger partial charge in [-0.1, -0.05) is 224 Å². The molecular weight excluding hydrogens is 813 g/mol. The molecule has 0 saturated carbocycles. The molecule has 0 aliphatic carbocycles. The highest BCUT2D eigenvalue weighted by Gasteiger charge is 2.22. The summed E-state index contributed by atoms with van der Waals surface area (Å²) < 4.78 is 2.15. The zero-order valence-corrected chi connectivity index (χ0v) is 36.5. The molecule has 0 bridgehead atoms. The summed E-state index contributed by atoms with van der Waals surface area (Å²) in [5, 5.41) is 7.67. The van der Waals surface area contributed by atoms with Crippen LogP contribution in [-0.4, -0.2) is 19.6 Å². The summed E-state index contributed by atoms with van der Waals surface area (Å²) in [6.45, 7) is 0. The fourth-order valence-electron chi connectivity index (χ4n) is 9.28. The van der Waals surface area contributed by atoms with E-state index >= 15 is 0 Å². The Labute approximate surface area is 389 Å². The van der Waals surface area contributed by atoms with E-state index in [9.17, 15) is 0 Å². The highest BCUT2D eigenvalue weighted by molar-refractivity contribution is 6.09. The van der Waals surface area contributed by atoms with Gasteiger partial charge in [-0.3, -0.25) is 0 Å². The molecule has 12 aromatic rings. The summed E-state index contributed by atoms with van der Waals surface area (Å²) >= 11 is 0. The van der Waals surface area contributed by atoms with Crippen LogP contribution in [0, 0.1) is 0 Å². The molecule has 67 heavy (non-hydrogen) atoms. The van der Waals surface area contributed by atoms with Crippen molar-refractivity contribution in [3.8, 4) is 101 Å². The quantitative estimate of drug-likeness (QED) is 0.145. The molecule has 12 rings (SSSR count). The molecule has 0 atom stereocenters. The Morgan fingerprint density at radius 3 is 1.25 bits per heavy atom. The third-order valence-electron chi connectivity index (χ3n) is 12.6. The maximum Gasteiger partial charge on any atom is 0.160 e. The molecule has 0 saturated heterocycles. The monoisotopic (exact) mass is 854 g/mol. The van der Waals surface area contributed by atoms with Crippen LogP contribution in [0.3, 0.4) is 0 Å². The Morgan fingerprint density at radius 2 is 0.701 bits per heavy atom. The van der Waals surface area contributed by atoms with Gasteiger partial charge in [0.2, 0.25) is 0 Å². The summed E-state index contributed by atoms with van der Waals surface area (Å²) in [4.78, 5) is 10.5. The first-order valence-electron chi connectivity index (χ1n) is 22.7. The van der Waals surface area contributed by atoms with Gasteiger partial charge in [0, 0.05) is 38.8 Å². The van der Waals surface area contributed by atoms with E-state index in [0.29, 0.717) is 5.82 Å². The lowest BCUT2D eigenvalue weighted by Gasteiger charge is -2.13. The van der Waals surface area contributed by atoms with Crippen LogP contribution in [0.4, 0.5) is 0 Å². The van der Waals surface area contributed by atoms with Crippen molar-refractivity contribution in [1.29, 1.82) is 0 Å². The van der Waals surface area contributed by atoms with Gasteiger partial charge >= 0.3 is 0 Å². The van der Waals surface area contributed by atoms with Crippen LogP contribution in [0.15, 0.2) is 255 Å². The van der Waals surface area contributed by atoms with Crippen molar-refractivity contribution in [3.63, 3.8) is 0 Å². The molecular formula is C63H42N4. The molecule has 4 heteroatoms. The minimum atomic E-state index is 0.672. The van der Waals surface area contributed by atoms with Gasteiger partial charge in [0.25, 0.3) is 0 Å². The Hall–Kier alpha value is -8.99. The zero-order valence-electron chi connectivity index (χ0n) is 36.5. The Kier molecular flexibility index (Phi) is 10.2. The molecule has 0 fully saturated rings. The first kappa shape index (κ1) is 39.6. The molecule has 9 aromatic carbocycles. The summed E-state index contributed by atoms with van der Waals surface area (Å²) in [5.74, 6) is 0.672. The molecule has 0 N–H and O–H groups in total. The normalized spacial score (nSPS) is 11.3. The van der Waals surface area contributed by atoms with Crippen LogP contribution in [0.5, 0.6) is 0 Å². The number of hydrogen-bond acceptors (Lipinski definition) is 3. The van der Waals surface area contributed by atoms with Crippen molar-refractivity contribution in [2.75, 3.05) is 0 Å². The van der Waals surface area contributed by atoms with E-state index in [-0.39, 0.29) is 0 Å². The summed E-state index contributed by atoms with van der Waals surface area (Å²) in [5.41, 5.74) is 19.1. The molecule has 314 valence electrons. The molecule has 0 amide bonds. The largest absolute Gasteiger partial charge is 0.231 e. The second-order valence-electron chi connectivity index (χ2n) is 16.8. The SMILES string of the molecule is c1ccc(-c2cccc(-c3cc(-c4cccc(-c5ccccc5)c4)nc(-c4ccc(-c5ccc6c(c5)cc(-c5ccccc5)n5nc(-c7ccccc7)c(-c7ccccc7)c65)cc4)n3)c2)cc1. The highest BCUT2D eigenvalue weighted by Crippen LogP contribution is 2.42. The van der Waals surface area contributed by atoms with Gasteiger partial charge in [-0.05, 0) is 74.7 Å². The van der Waals surface area contributed by atoms with Crippen molar-refractivity contribution in [2.24, 2.45) is 0 Å². The molecule has 0 aliphatic heterocycles. The number of hydrogen-bond donors (Lipinski definition) is 0. The standard InChI is InChI=1S/C63H42N4/c1-6-18-43(19-7-1)50-28-16-30-53(38-50)57-42-58(54-31-17-29-51(39-54)44-20-8-2-9-21-44)65-63(64-57)49-34-32-45(33-35-49)52-36-37-56-55(40-52)41-59(46-22-10-3-11-23-46)67-62(56)60(47-24-12-4-13-25-47)61(66-67)48-26-14-5-15-27-48/h1-42H. The van der Waals surface area contributed by atoms with Gasteiger partial charge in [-0.15, -0.1) is 0 Å². The third kappa shape index (κ3) is 7.67. The van der Waals surface area contributed by atoms with Crippen LogP contribution in [0.2, 0.25) is 0 Å². The van der Waals surface area contributed by atoms with Crippen LogP contribution in [0.25, 0.3) is 117 Å². The summed E-state index contributed by atoms with van der Waals surface area (Å²) in [6, 6.07) is 89.9. The van der Waals surface area contributed by atoms with E-state index in [1.807, 2.05) is 0 Å². The Bertz CT molecular complexity index is 3600. The predicted molar refractivity (Wildman–Crippen MR) is 277 cm³/mol. The molecule has 3 aromatic heterocycles. The van der Waals surface area contributed by atoms with Crippen LogP contribution < -0.4 is 0 Å². The van der Waals surface area contributed by atoms with Crippen LogP contribution in [-0.2, 0) is 0 Å². The van der Waals surface area contributed by atoms with Crippen molar-refractivity contribution in [2.45, 2.75) is 0 Å². The molecule has 0 unspecified atom stereocenters. The first-order valence-corrected chi connectivity index (χ1v) is 22.7. The zero-order chi connectivity index (χ0) is 44.5. The van der Waals surface area contributed by atoms with Crippen LogP contribution >= 0.6 is 0 Å². The maximum atomic E-state index is 5.40. The second kappa shape index (κ2) is 17.2. The fraction of sp³-hybridized carbons (Fsp3) is 0. The second-order valence-corrected chi connectivity index (χ2v) is 16.8. The van der Waals surface area contributed by atoms with E-state index in [0.717, 1.165) is 111 Å². The minimum Gasteiger partial charge on any atom is -0.231 e. The van der Waals surface area contributed by atoms with E-state index in [2.05, 4.69) is 259 Å². The van der Waals surface area contributed by atoms with E-state index in [1.54, 1.807) is 0 Å². The number of nitrogens with zero attached hydrogens (tertiary/aromatic N) is 4. The lowest BCUT2D eigenvalue weighted by atomic mass is 9.95. The van der Waals surface area contributed by atoms with E-state index < -0.39 is 0 Å². The lowest BCUT2D eigenvalue weighted by molar-refractivity contribution is 0.979. The molecule has 4 nitrogen and oxygen atoms in total. The van der Waals surface area contributed by atoms with Gasteiger partial charge in [0.05, 0.1) is 22.6 Å². The topological polar surface area (TPSA) is 43.1 Å². The first-order chi connectivity index (χ1) is 33.2. The molecule has 0 spiro atoms. The van der Waals surface area contributed by atoms with Crippen molar-refractivity contribution < 1.29 is 0 Å². The van der Waals surface area contributed by atoms with Gasteiger partial charge in [-0.25, -0.2) is 14.5 Å². The van der Waals surface area contributed by atoms with Gasteiger partial charge in [0.1, 0.15) is 5.69 Å². The highest BCUT2D eigenvalue weighted by atomic mass is 15.2. The number of pyridine rings is 1. The van der Waals surface area contributed by atoms with Crippen molar-refractivity contribution >= 4 is 16.3 Å². The number of aromatic nitrogens is 4.